The number of carboxylic acid groups (broad SMARTS) is 3. The van der Waals surface area contributed by atoms with Gasteiger partial charge in [0.1, 0.15) is 0 Å². The fourth-order valence-electron chi connectivity index (χ4n) is 1.55. The van der Waals surface area contributed by atoms with Crippen molar-refractivity contribution in [1.82, 2.24) is 0 Å². The first kappa shape index (κ1) is 15.4. The number of aliphatic hydroxyl groups is 1. The Hall–Kier alpha value is -1.63. The Morgan fingerprint density at radius 2 is 1.71 bits per heavy atom. The molecule has 7 nitrogen and oxygen atoms in total. The lowest BCUT2D eigenvalue weighted by molar-refractivity contribution is -0.179. The van der Waals surface area contributed by atoms with E-state index in [1.807, 2.05) is 0 Å². The van der Waals surface area contributed by atoms with Crippen LogP contribution in [0.2, 0.25) is 0 Å². The fourth-order valence-corrected chi connectivity index (χ4v) is 1.55. The molecule has 0 radical (unpaired) electrons. The van der Waals surface area contributed by atoms with Gasteiger partial charge in [0.2, 0.25) is 0 Å². The van der Waals surface area contributed by atoms with Gasteiger partial charge >= 0.3 is 17.9 Å². The van der Waals surface area contributed by atoms with Crippen LogP contribution in [0.15, 0.2) is 0 Å². The van der Waals surface area contributed by atoms with Crippen LogP contribution in [0.3, 0.4) is 0 Å². The zero-order chi connectivity index (χ0) is 13.6. The molecule has 0 aromatic rings. The van der Waals surface area contributed by atoms with Crippen LogP contribution in [0.25, 0.3) is 0 Å². The number of rotatable bonds is 8. The molecule has 17 heavy (non-hydrogen) atoms. The first-order valence-corrected chi connectivity index (χ1v) is 5.16. The molecule has 7 heteroatoms. The zero-order valence-corrected chi connectivity index (χ0v) is 9.42. The largest absolute Gasteiger partial charge is 0.481 e. The molecule has 0 bridgehead atoms. The molecule has 0 aromatic heterocycles. The summed E-state index contributed by atoms with van der Waals surface area (Å²) < 4.78 is 0. The standard InChI is InChI=1S/C10H16O7/c1-2-3-4-6(8(13)14)10(17,9(15)16)5-7(11)12/h6,17H,2-5H2,1H3,(H,11,12)(H,13,14)(H,15,16). The van der Waals surface area contributed by atoms with Gasteiger partial charge in [-0.1, -0.05) is 19.8 Å². The van der Waals surface area contributed by atoms with Gasteiger partial charge in [-0.15, -0.1) is 0 Å². The molecule has 0 heterocycles. The second-order valence-electron chi connectivity index (χ2n) is 3.83. The predicted molar refractivity (Wildman–Crippen MR) is 55.5 cm³/mol. The summed E-state index contributed by atoms with van der Waals surface area (Å²) in [5.41, 5.74) is -2.77. The van der Waals surface area contributed by atoms with Crippen LogP contribution in [0.5, 0.6) is 0 Å². The summed E-state index contributed by atoms with van der Waals surface area (Å²) in [5.74, 6) is -6.53. The van der Waals surface area contributed by atoms with E-state index in [4.69, 9.17) is 15.3 Å². The molecule has 0 aromatic carbocycles. The molecule has 0 spiro atoms. The second-order valence-corrected chi connectivity index (χ2v) is 3.83. The number of aliphatic carboxylic acids is 3. The Labute approximate surface area is 97.7 Å². The Morgan fingerprint density at radius 3 is 2.00 bits per heavy atom. The van der Waals surface area contributed by atoms with Crippen LogP contribution in [0, 0.1) is 5.92 Å². The maximum absolute atomic E-state index is 10.9. The van der Waals surface area contributed by atoms with Crippen LogP contribution in [0.1, 0.15) is 32.6 Å². The highest BCUT2D eigenvalue weighted by Crippen LogP contribution is 2.27. The van der Waals surface area contributed by atoms with Crippen molar-refractivity contribution in [1.29, 1.82) is 0 Å². The van der Waals surface area contributed by atoms with E-state index < -0.39 is 35.8 Å². The van der Waals surface area contributed by atoms with E-state index in [9.17, 15) is 19.5 Å². The summed E-state index contributed by atoms with van der Waals surface area (Å²) in [7, 11) is 0. The van der Waals surface area contributed by atoms with Crippen molar-refractivity contribution in [2.24, 2.45) is 5.92 Å². The van der Waals surface area contributed by atoms with Gasteiger partial charge in [-0.3, -0.25) is 9.59 Å². The third-order valence-electron chi connectivity index (χ3n) is 2.51. The first-order valence-electron chi connectivity index (χ1n) is 5.16. The van der Waals surface area contributed by atoms with Gasteiger partial charge in [0, 0.05) is 0 Å². The maximum atomic E-state index is 10.9. The normalized spacial score (nSPS) is 15.9. The average Bonchev–Trinajstić information content (AvgIpc) is 2.16. The summed E-state index contributed by atoms with van der Waals surface area (Å²) in [6, 6.07) is 0. The molecule has 0 rings (SSSR count). The molecule has 0 fully saturated rings. The first-order chi connectivity index (χ1) is 7.75. The molecular formula is C10H16O7. The number of unbranched alkanes of at least 4 members (excludes halogenated alkanes) is 1. The smallest absolute Gasteiger partial charge is 0.337 e. The Balaban J connectivity index is 5.14. The van der Waals surface area contributed by atoms with Crippen molar-refractivity contribution in [3.63, 3.8) is 0 Å². The third kappa shape index (κ3) is 4.03. The van der Waals surface area contributed by atoms with Crippen LogP contribution >= 0.6 is 0 Å². The number of carbonyl (C=O) groups is 3. The van der Waals surface area contributed by atoms with Gasteiger partial charge in [-0.2, -0.15) is 0 Å². The Bertz CT molecular complexity index is 312. The number of hydrogen-bond acceptors (Lipinski definition) is 4. The molecule has 0 aliphatic heterocycles. The summed E-state index contributed by atoms with van der Waals surface area (Å²) in [6.45, 7) is 1.77. The average molecular weight is 248 g/mol. The van der Waals surface area contributed by atoms with Gasteiger partial charge in [0.25, 0.3) is 0 Å². The Morgan fingerprint density at radius 1 is 1.18 bits per heavy atom. The summed E-state index contributed by atoms with van der Waals surface area (Å²) in [5, 5.41) is 36.0. The van der Waals surface area contributed by atoms with Crippen molar-refractivity contribution in [3.8, 4) is 0 Å². The van der Waals surface area contributed by atoms with Crippen LogP contribution in [-0.2, 0) is 14.4 Å². The van der Waals surface area contributed by atoms with Crippen LogP contribution in [0.4, 0.5) is 0 Å². The van der Waals surface area contributed by atoms with Gasteiger partial charge in [0.15, 0.2) is 5.60 Å². The Kier molecular flexibility index (Phi) is 5.60. The molecule has 0 aliphatic rings. The summed E-state index contributed by atoms with van der Waals surface area (Å²) in [6.07, 6.45) is -0.205. The molecule has 4 N–H and O–H groups in total. The molecule has 98 valence electrons. The van der Waals surface area contributed by atoms with E-state index in [0.717, 1.165) is 0 Å². The number of carboxylic acids is 3. The number of hydrogen-bond donors (Lipinski definition) is 4. The van der Waals surface area contributed by atoms with E-state index >= 15 is 0 Å². The molecule has 0 amide bonds. The molecule has 0 saturated heterocycles. The molecule has 2 atom stereocenters. The van der Waals surface area contributed by atoms with Crippen molar-refractivity contribution in [3.05, 3.63) is 0 Å². The highest BCUT2D eigenvalue weighted by atomic mass is 16.4. The van der Waals surface area contributed by atoms with Gasteiger partial charge in [-0.05, 0) is 6.42 Å². The monoisotopic (exact) mass is 248 g/mol. The maximum Gasteiger partial charge on any atom is 0.337 e. The fraction of sp³-hybridized carbons (Fsp3) is 0.700. The zero-order valence-electron chi connectivity index (χ0n) is 9.42. The van der Waals surface area contributed by atoms with E-state index in [2.05, 4.69) is 0 Å². The molecule has 0 saturated carbocycles. The summed E-state index contributed by atoms with van der Waals surface area (Å²) in [4.78, 5) is 32.3. The minimum Gasteiger partial charge on any atom is -0.481 e. The predicted octanol–water partition coefficient (Wildman–Crippen LogP) is 0.168. The molecule has 0 aliphatic carbocycles. The SMILES string of the molecule is CCCCC(C(=O)O)C(O)(CC(=O)O)C(=O)O. The highest BCUT2D eigenvalue weighted by Gasteiger charge is 2.49. The van der Waals surface area contributed by atoms with Crippen LogP contribution < -0.4 is 0 Å². The van der Waals surface area contributed by atoms with Crippen molar-refractivity contribution in [2.45, 2.75) is 38.2 Å². The minimum absolute atomic E-state index is 0.0814. The van der Waals surface area contributed by atoms with Crippen LogP contribution in [-0.4, -0.2) is 43.9 Å². The molecule has 2 unspecified atom stereocenters. The van der Waals surface area contributed by atoms with E-state index in [1.165, 1.54) is 0 Å². The lowest BCUT2D eigenvalue weighted by Gasteiger charge is -2.28. The quantitative estimate of drug-likeness (QED) is 0.481. The lowest BCUT2D eigenvalue weighted by Crippen LogP contribution is -2.50. The second kappa shape index (κ2) is 6.19. The topological polar surface area (TPSA) is 132 Å². The van der Waals surface area contributed by atoms with E-state index in [0.29, 0.717) is 12.8 Å². The van der Waals surface area contributed by atoms with Gasteiger partial charge in [-0.25, -0.2) is 4.79 Å². The molecular weight excluding hydrogens is 232 g/mol. The van der Waals surface area contributed by atoms with Crippen molar-refractivity contribution in [2.75, 3.05) is 0 Å². The van der Waals surface area contributed by atoms with Crippen molar-refractivity contribution >= 4 is 17.9 Å². The minimum atomic E-state index is -2.77. The summed E-state index contributed by atoms with van der Waals surface area (Å²) >= 11 is 0. The third-order valence-corrected chi connectivity index (χ3v) is 2.51. The lowest BCUT2D eigenvalue weighted by atomic mass is 9.81. The highest BCUT2D eigenvalue weighted by molar-refractivity contribution is 5.89. The van der Waals surface area contributed by atoms with Gasteiger partial charge < -0.3 is 20.4 Å². The van der Waals surface area contributed by atoms with E-state index in [1.54, 1.807) is 6.92 Å². The van der Waals surface area contributed by atoms with Crippen molar-refractivity contribution < 1.29 is 34.8 Å². The van der Waals surface area contributed by atoms with E-state index in [-0.39, 0.29) is 6.42 Å². The van der Waals surface area contributed by atoms with Gasteiger partial charge in [0.05, 0.1) is 12.3 Å².